The van der Waals surface area contributed by atoms with Crippen molar-refractivity contribution in [2.45, 2.75) is 31.5 Å². The largest absolute Gasteiger partial charge is 0.375 e. The van der Waals surface area contributed by atoms with Gasteiger partial charge in [-0.05, 0) is 37.1 Å². The number of morpholine rings is 1. The van der Waals surface area contributed by atoms with E-state index in [2.05, 4.69) is 36.5 Å². The van der Waals surface area contributed by atoms with Crippen LogP contribution in [-0.4, -0.2) is 68.9 Å². The van der Waals surface area contributed by atoms with Crippen LogP contribution in [0.4, 0.5) is 5.69 Å². The number of carbonyl (C=O) groups is 1. The fourth-order valence-electron chi connectivity index (χ4n) is 3.37. The maximum Gasteiger partial charge on any atom is 0.226 e. The summed E-state index contributed by atoms with van der Waals surface area (Å²) in [5.41, 5.74) is 0.792. The molecule has 8 heteroatoms. The Labute approximate surface area is 168 Å². The molecule has 2 atom stereocenters. The minimum absolute atomic E-state index is 0.0283. The van der Waals surface area contributed by atoms with Crippen LogP contribution >= 0.6 is 15.9 Å². The fraction of sp³-hybridized carbons (Fsp3) is 0.579. The molecule has 2 fully saturated rings. The lowest BCUT2D eigenvalue weighted by Crippen LogP contribution is -2.53. The number of carbonyl (C=O) groups excluding carboxylic acids is 1. The van der Waals surface area contributed by atoms with Gasteiger partial charge >= 0.3 is 0 Å². The van der Waals surface area contributed by atoms with E-state index in [9.17, 15) is 4.79 Å². The number of guanidine groups is 1. The van der Waals surface area contributed by atoms with Crippen LogP contribution in [0.25, 0.3) is 0 Å². The van der Waals surface area contributed by atoms with E-state index in [0.29, 0.717) is 19.6 Å². The summed E-state index contributed by atoms with van der Waals surface area (Å²) in [7, 11) is 1.76. The van der Waals surface area contributed by atoms with Crippen molar-refractivity contribution >= 4 is 33.5 Å². The van der Waals surface area contributed by atoms with E-state index in [1.165, 1.54) is 0 Å². The molecule has 0 aromatic heterocycles. The highest BCUT2D eigenvalue weighted by molar-refractivity contribution is 9.10. The maximum absolute atomic E-state index is 12.1. The Morgan fingerprint density at radius 2 is 2.04 bits per heavy atom. The summed E-state index contributed by atoms with van der Waals surface area (Å²) < 4.78 is 12.6. The van der Waals surface area contributed by atoms with E-state index in [1.54, 1.807) is 7.05 Å². The van der Waals surface area contributed by atoms with Crippen LogP contribution in [0.2, 0.25) is 0 Å². The van der Waals surface area contributed by atoms with Crippen molar-refractivity contribution in [3.8, 4) is 0 Å². The fourth-order valence-corrected chi connectivity index (χ4v) is 3.63. The molecule has 2 N–H and O–H groups in total. The Kier molecular flexibility index (Phi) is 7.49. The molecule has 1 amide bonds. The highest BCUT2D eigenvalue weighted by atomic mass is 79.9. The van der Waals surface area contributed by atoms with Crippen molar-refractivity contribution in [3.63, 3.8) is 0 Å². The van der Waals surface area contributed by atoms with E-state index in [4.69, 9.17) is 9.47 Å². The summed E-state index contributed by atoms with van der Waals surface area (Å²) in [6.45, 7) is 3.56. The van der Waals surface area contributed by atoms with Gasteiger partial charge in [0.1, 0.15) is 6.10 Å². The zero-order valence-corrected chi connectivity index (χ0v) is 17.2. The SMILES string of the molecule is CN=C(NCCC(=O)Nc1ccc(Br)cc1)N1CCOC(C2CCCO2)C1. The third-order valence-electron chi connectivity index (χ3n) is 4.75. The van der Waals surface area contributed by atoms with E-state index in [1.807, 2.05) is 24.3 Å². The lowest BCUT2D eigenvalue weighted by molar-refractivity contribution is -0.116. The zero-order chi connectivity index (χ0) is 19.1. The quantitative estimate of drug-likeness (QED) is 0.544. The molecule has 27 heavy (non-hydrogen) atoms. The number of amides is 1. The molecule has 148 valence electrons. The van der Waals surface area contributed by atoms with Crippen molar-refractivity contribution < 1.29 is 14.3 Å². The third kappa shape index (κ3) is 5.92. The molecule has 2 aliphatic heterocycles. The van der Waals surface area contributed by atoms with Gasteiger partial charge in [0.05, 0.1) is 12.7 Å². The molecule has 7 nitrogen and oxygen atoms in total. The first kappa shape index (κ1) is 20.1. The molecule has 2 saturated heterocycles. The Bertz CT molecular complexity index is 647. The highest BCUT2D eigenvalue weighted by Crippen LogP contribution is 2.21. The van der Waals surface area contributed by atoms with Crippen molar-refractivity contribution in [2.75, 3.05) is 45.2 Å². The Hall–Kier alpha value is -1.64. The average Bonchev–Trinajstić information content (AvgIpc) is 3.22. The number of hydrogen-bond acceptors (Lipinski definition) is 4. The van der Waals surface area contributed by atoms with Gasteiger partial charge in [0.25, 0.3) is 0 Å². The topological polar surface area (TPSA) is 75.2 Å². The van der Waals surface area contributed by atoms with Gasteiger partial charge in [-0.2, -0.15) is 0 Å². The molecule has 0 aliphatic carbocycles. The van der Waals surface area contributed by atoms with E-state index >= 15 is 0 Å². The monoisotopic (exact) mass is 438 g/mol. The molecule has 2 heterocycles. The molecule has 3 rings (SSSR count). The van der Waals surface area contributed by atoms with Crippen LogP contribution in [0.5, 0.6) is 0 Å². The van der Waals surface area contributed by atoms with Crippen molar-refractivity contribution in [1.82, 2.24) is 10.2 Å². The summed E-state index contributed by atoms with van der Waals surface area (Å²) in [5, 5.41) is 6.18. The number of nitrogens with one attached hydrogen (secondary N) is 2. The number of rotatable bonds is 5. The summed E-state index contributed by atoms with van der Waals surface area (Å²) in [4.78, 5) is 18.7. The smallest absolute Gasteiger partial charge is 0.226 e. The second-order valence-electron chi connectivity index (χ2n) is 6.69. The molecule has 0 bridgehead atoms. The van der Waals surface area contributed by atoms with Crippen LogP contribution in [0.1, 0.15) is 19.3 Å². The minimum Gasteiger partial charge on any atom is -0.375 e. The van der Waals surface area contributed by atoms with E-state index in [-0.39, 0.29) is 18.1 Å². The van der Waals surface area contributed by atoms with Crippen LogP contribution in [0.15, 0.2) is 33.7 Å². The molecule has 0 spiro atoms. The summed E-state index contributed by atoms with van der Waals surface area (Å²) in [6.07, 6.45) is 2.79. The molecule has 0 saturated carbocycles. The van der Waals surface area contributed by atoms with Gasteiger partial charge in [0, 0.05) is 49.9 Å². The maximum atomic E-state index is 12.1. The van der Waals surface area contributed by atoms with Gasteiger partial charge in [-0.3, -0.25) is 9.79 Å². The van der Waals surface area contributed by atoms with Crippen molar-refractivity contribution in [3.05, 3.63) is 28.7 Å². The van der Waals surface area contributed by atoms with Gasteiger partial charge in [-0.15, -0.1) is 0 Å². The number of halogens is 1. The van der Waals surface area contributed by atoms with Gasteiger partial charge in [0.15, 0.2) is 5.96 Å². The Balaban J connectivity index is 1.43. The summed E-state index contributed by atoms with van der Waals surface area (Å²) in [5.74, 6) is 0.775. The standard InChI is InChI=1S/C19H27BrN4O3/c1-21-19(24-10-12-27-17(13-24)16-3-2-11-26-16)22-9-8-18(25)23-15-6-4-14(20)5-7-15/h4-7,16-17H,2-3,8-13H2,1H3,(H,21,22)(H,23,25). The predicted molar refractivity (Wildman–Crippen MR) is 109 cm³/mol. The van der Waals surface area contributed by atoms with Crippen molar-refractivity contribution in [2.24, 2.45) is 4.99 Å². The first-order chi connectivity index (χ1) is 13.2. The van der Waals surface area contributed by atoms with Gasteiger partial charge in [-0.25, -0.2) is 0 Å². The molecule has 1 aromatic carbocycles. The Morgan fingerprint density at radius 3 is 2.74 bits per heavy atom. The van der Waals surface area contributed by atoms with Crippen LogP contribution in [0, 0.1) is 0 Å². The number of hydrogen-bond donors (Lipinski definition) is 2. The normalized spacial score (nSPS) is 23.3. The van der Waals surface area contributed by atoms with E-state index < -0.39 is 0 Å². The first-order valence-electron chi connectivity index (χ1n) is 9.40. The second-order valence-corrected chi connectivity index (χ2v) is 7.60. The van der Waals surface area contributed by atoms with Crippen LogP contribution < -0.4 is 10.6 Å². The van der Waals surface area contributed by atoms with Crippen molar-refractivity contribution in [1.29, 1.82) is 0 Å². The highest BCUT2D eigenvalue weighted by Gasteiger charge is 2.32. The van der Waals surface area contributed by atoms with Gasteiger partial charge in [0.2, 0.25) is 5.91 Å². The molecular formula is C19H27BrN4O3. The van der Waals surface area contributed by atoms with Crippen LogP contribution in [0.3, 0.4) is 0 Å². The zero-order valence-electron chi connectivity index (χ0n) is 15.6. The first-order valence-corrected chi connectivity index (χ1v) is 10.2. The average molecular weight is 439 g/mol. The minimum atomic E-state index is -0.0283. The van der Waals surface area contributed by atoms with Gasteiger partial charge < -0.3 is 25.0 Å². The number of benzene rings is 1. The molecule has 2 aliphatic rings. The second kappa shape index (κ2) is 10.1. The van der Waals surface area contributed by atoms with E-state index in [0.717, 1.165) is 48.7 Å². The number of anilines is 1. The third-order valence-corrected chi connectivity index (χ3v) is 5.28. The summed E-state index contributed by atoms with van der Waals surface area (Å²) in [6, 6.07) is 7.54. The predicted octanol–water partition coefficient (Wildman–Crippen LogP) is 2.23. The van der Waals surface area contributed by atoms with Crippen LogP contribution in [-0.2, 0) is 14.3 Å². The molecule has 0 radical (unpaired) electrons. The number of ether oxygens (including phenoxy) is 2. The molecule has 1 aromatic rings. The lowest BCUT2D eigenvalue weighted by atomic mass is 10.1. The molecular weight excluding hydrogens is 412 g/mol. The summed E-state index contributed by atoms with van der Waals surface area (Å²) >= 11 is 3.38. The van der Waals surface area contributed by atoms with Gasteiger partial charge in [-0.1, -0.05) is 15.9 Å². The number of nitrogens with zero attached hydrogens (tertiary/aromatic N) is 2. The Morgan fingerprint density at radius 1 is 1.26 bits per heavy atom. The molecule has 2 unspecified atom stereocenters. The lowest BCUT2D eigenvalue weighted by Gasteiger charge is -2.37. The number of aliphatic imine (C=N–C) groups is 1.